The highest BCUT2D eigenvalue weighted by atomic mass is 16.6. The topological polar surface area (TPSA) is 93.5 Å². The first-order chi connectivity index (χ1) is 9.39. The Balaban J connectivity index is 2.64. The number of hydrogen-bond acceptors (Lipinski definition) is 5. The summed E-state index contributed by atoms with van der Waals surface area (Å²) in [6.07, 6.45) is 2.98. The molecule has 0 amide bonds. The zero-order chi connectivity index (χ0) is 14.9. The van der Waals surface area contributed by atoms with Gasteiger partial charge in [0.1, 0.15) is 5.65 Å². The Hall–Kier alpha value is -2.62. The van der Waals surface area contributed by atoms with E-state index in [2.05, 4.69) is 11.1 Å². The second-order valence-electron chi connectivity index (χ2n) is 4.84. The van der Waals surface area contributed by atoms with Crippen molar-refractivity contribution >= 4 is 11.3 Å². The van der Waals surface area contributed by atoms with Crippen molar-refractivity contribution in [2.75, 3.05) is 6.61 Å². The summed E-state index contributed by atoms with van der Waals surface area (Å²) in [5.41, 5.74) is 0.186. The lowest BCUT2D eigenvalue weighted by Gasteiger charge is -2.09. The number of imidazole rings is 1. The van der Waals surface area contributed by atoms with E-state index in [1.807, 2.05) is 0 Å². The van der Waals surface area contributed by atoms with Gasteiger partial charge in [0, 0.05) is 12.3 Å². The van der Waals surface area contributed by atoms with Crippen molar-refractivity contribution < 1.29 is 9.66 Å². The van der Waals surface area contributed by atoms with Gasteiger partial charge in [-0.3, -0.25) is 14.5 Å². The molecule has 0 radical (unpaired) electrons. The molecule has 0 aliphatic rings. The molecule has 2 rings (SSSR count). The number of ether oxygens (including phenoxy) is 1. The largest absolute Gasteiger partial charge is 0.487 e. The summed E-state index contributed by atoms with van der Waals surface area (Å²) in [5, 5.41) is 20.2. The molecule has 20 heavy (non-hydrogen) atoms. The van der Waals surface area contributed by atoms with Gasteiger partial charge in [0.2, 0.25) is 5.75 Å². The summed E-state index contributed by atoms with van der Waals surface area (Å²) in [5.74, 6) is 0.178. The average molecular weight is 274 g/mol. The Morgan fingerprint density at radius 2 is 2.25 bits per heavy atom. The number of nitriles is 1. The van der Waals surface area contributed by atoms with Crippen molar-refractivity contribution in [1.82, 2.24) is 9.38 Å². The quantitative estimate of drug-likeness (QED) is 0.630. The Labute approximate surface area is 115 Å². The molecule has 0 aliphatic carbocycles. The minimum Gasteiger partial charge on any atom is -0.487 e. The van der Waals surface area contributed by atoms with E-state index in [1.165, 1.54) is 16.7 Å². The molecular weight excluding hydrogens is 260 g/mol. The van der Waals surface area contributed by atoms with Crippen LogP contribution in [0.2, 0.25) is 0 Å². The second kappa shape index (κ2) is 4.81. The van der Waals surface area contributed by atoms with Crippen molar-refractivity contribution in [3.05, 3.63) is 34.3 Å². The van der Waals surface area contributed by atoms with Gasteiger partial charge in [0.15, 0.2) is 0 Å². The highest BCUT2D eigenvalue weighted by Gasteiger charge is 2.25. The molecule has 0 aliphatic heterocycles. The number of fused-ring (bicyclic) bond motifs is 1. The van der Waals surface area contributed by atoms with E-state index >= 15 is 0 Å². The number of pyridine rings is 1. The zero-order valence-corrected chi connectivity index (χ0v) is 11.5. The van der Waals surface area contributed by atoms with Gasteiger partial charge in [0.25, 0.3) is 0 Å². The number of nitro groups is 1. The van der Waals surface area contributed by atoms with Gasteiger partial charge in [0.05, 0.1) is 34.9 Å². The number of nitrogens with zero attached hydrogens (tertiary/aromatic N) is 4. The van der Waals surface area contributed by atoms with E-state index in [0.29, 0.717) is 17.9 Å². The molecule has 7 nitrogen and oxygen atoms in total. The molecule has 0 bridgehead atoms. The van der Waals surface area contributed by atoms with Crippen molar-refractivity contribution in [3.63, 3.8) is 0 Å². The third-order valence-electron chi connectivity index (χ3n) is 2.95. The fraction of sp³-hybridized carbons (Fsp3) is 0.385. The van der Waals surface area contributed by atoms with E-state index < -0.39 is 10.3 Å². The van der Waals surface area contributed by atoms with Crippen molar-refractivity contribution in [2.45, 2.75) is 26.2 Å². The van der Waals surface area contributed by atoms with Gasteiger partial charge in [-0.2, -0.15) is 5.26 Å². The first-order valence-corrected chi connectivity index (χ1v) is 6.10. The molecular formula is C13H14N4O3. The first kappa shape index (κ1) is 13.8. The van der Waals surface area contributed by atoms with Gasteiger partial charge in [-0.05, 0) is 20.8 Å². The van der Waals surface area contributed by atoms with E-state index in [9.17, 15) is 10.1 Å². The minimum atomic E-state index is -0.757. The number of aromatic nitrogens is 2. The summed E-state index contributed by atoms with van der Waals surface area (Å²) in [6.45, 7) is 5.57. The number of hydrogen-bond donors (Lipinski definition) is 0. The Morgan fingerprint density at radius 1 is 1.55 bits per heavy atom. The predicted octanol–water partition coefficient (Wildman–Crippen LogP) is 2.44. The van der Waals surface area contributed by atoms with Crippen LogP contribution in [0, 0.1) is 21.4 Å². The summed E-state index contributed by atoms with van der Waals surface area (Å²) in [6, 6.07) is 3.67. The molecule has 0 N–H and O–H groups in total. The molecule has 2 aromatic heterocycles. The molecule has 2 heterocycles. The van der Waals surface area contributed by atoms with Crippen molar-refractivity contribution in [1.29, 1.82) is 5.26 Å². The molecule has 0 spiro atoms. The lowest BCUT2D eigenvalue weighted by Crippen LogP contribution is -2.14. The average Bonchev–Trinajstić information content (AvgIpc) is 2.81. The van der Waals surface area contributed by atoms with Gasteiger partial charge in [-0.15, -0.1) is 0 Å². The molecule has 0 aromatic carbocycles. The van der Waals surface area contributed by atoms with Crippen LogP contribution in [0.3, 0.4) is 0 Å². The van der Waals surface area contributed by atoms with E-state index in [1.54, 1.807) is 27.0 Å². The normalized spacial score (nSPS) is 11.3. The predicted molar refractivity (Wildman–Crippen MR) is 71.7 cm³/mol. The van der Waals surface area contributed by atoms with Crippen LogP contribution >= 0.6 is 0 Å². The summed E-state index contributed by atoms with van der Waals surface area (Å²) >= 11 is 0. The smallest absolute Gasteiger partial charge is 0.327 e. The summed E-state index contributed by atoms with van der Waals surface area (Å²) < 4.78 is 6.80. The molecule has 0 unspecified atom stereocenters. The van der Waals surface area contributed by atoms with Crippen molar-refractivity contribution in [3.8, 4) is 11.8 Å². The van der Waals surface area contributed by atoms with E-state index in [-0.39, 0.29) is 11.4 Å². The van der Waals surface area contributed by atoms with Gasteiger partial charge >= 0.3 is 5.69 Å². The van der Waals surface area contributed by atoms with Gasteiger partial charge < -0.3 is 4.74 Å². The third kappa shape index (κ3) is 2.28. The maximum absolute atomic E-state index is 11.0. The standard InChI is InChI=1S/C13H14N4O3/c1-4-20-10-5-12-15-11(13(2,3)8-14)7-16(12)6-9(10)17(18)19/h5-7H,4H2,1-3H3. The Bertz CT molecular complexity index is 712. The molecule has 0 saturated heterocycles. The SMILES string of the molecule is CCOc1cc2nc(C(C)(C)C#N)cn2cc1[N+](=O)[O-]. The van der Waals surface area contributed by atoms with Crippen LogP contribution in [-0.4, -0.2) is 20.9 Å². The highest BCUT2D eigenvalue weighted by Crippen LogP contribution is 2.30. The summed E-state index contributed by atoms with van der Waals surface area (Å²) in [7, 11) is 0. The third-order valence-corrected chi connectivity index (χ3v) is 2.95. The lowest BCUT2D eigenvalue weighted by molar-refractivity contribution is -0.386. The lowest BCUT2D eigenvalue weighted by atomic mass is 9.92. The molecule has 0 atom stereocenters. The van der Waals surface area contributed by atoms with Crippen LogP contribution in [-0.2, 0) is 5.41 Å². The van der Waals surface area contributed by atoms with Crippen LogP contribution in [0.4, 0.5) is 5.69 Å². The molecule has 7 heteroatoms. The molecule has 104 valence electrons. The monoisotopic (exact) mass is 274 g/mol. The number of rotatable bonds is 4. The summed E-state index contributed by atoms with van der Waals surface area (Å²) in [4.78, 5) is 14.9. The van der Waals surface area contributed by atoms with Crippen molar-refractivity contribution in [2.24, 2.45) is 0 Å². The second-order valence-corrected chi connectivity index (χ2v) is 4.84. The van der Waals surface area contributed by atoms with Crippen LogP contribution in [0.25, 0.3) is 5.65 Å². The van der Waals surface area contributed by atoms with E-state index in [0.717, 1.165) is 0 Å². The van der Waals surface area contributed by atoms with E-state index in [4.69, 9.17) is 10.00 Å². The van der Waals surface area contributed by atoms with Crippen LogP contribution in [0.15, 0.2) is 18.5 Å². The van der Waals surface area contributed by atoms with Crippen LogP contribution in [0.5, 0.6) is 5.75 Å². The maximum Gasteiger partial charge on any atom is 0.327 e. The molecule has 2 aromatic rings. The van der Waals surface area contributed by atoms with Gasteiger partial charge in [-0.1, -0.05) is 0 Å². The minimum absolute atomic E-state index is 0.127. The molecule has 0 fully saturated rings. The van der Waals surface area contributed by atoms with Gasteiger partial charge in [-0.25, -0.2) is 4.98 Å². The zero-order valence-electron chi connectivity index (χ0n) is 11.5. The highest BCUT2D eigenvalue weighted by molar-refractivity contribution is 5.56. The maximum atomic E-state index is 11.0. The van der Waals surface area contributed by atoms with Crippen LogP contribution in [0.1, 0.15) is 26.5 Å². The first-order valence-electron chi connectivity index (χ1n) is 6.10. The fourth-order valence-electron chi connectivity index (χ4n) is 1.77. The van der Waals surface area contributed by atoms with Crippen LogP contribution < -0.4 is 4.74 Å². The Kier molecular flexibility index (Phi) is 3.32. The fourth-order valence-corrected chi connectivity index (χ4v) is 1.77. The Morgan fingerprint density at radius 3 is 2.80 bits per heavy atom. The molecule has 0 saturated carbocycles.